The van der Waals surface area contributed by atoms with Gasteiger partial charge in [0.15, 0.2) is 0 Å². The number of rotatable bonds is 9. The van der Waals surface area contributed by atoms with Crippen LogP contribution < -0.4 is 5.32 Å². The fourth-order valence-electron chi connectivity index (χ4n) is 3.09. The van der Waals surface area contributed by atoms with Gasteiger partial charge in [-0.25, -0.2) is 0 Å². The number of aliphatic hydroxyl groups excluding tert-OH is 1. The average molecular weight is 347 g/mol. The molecule has 0 aliphatic rings. The van der Waals surface area contributed by atoms with E-state index < -0.39 is 0 Å². The molecule has 2 heterocycles. The zero-order valence-corrected chi connectivity index (χ0v) is 15.6. The van der Waals surface area contributed by atoms with Crippen molar-refractivity contribution in [3.8, 4) is 0 Å². The largest absolute Gasteiger partial charge is 0.396 e. The van der Waals surface area contributed by atoms with Crippen LogP contribution >= 0.6 is 0 Å². The van der Waals surface area contributed by atoms with Crippen molar-refractivity contribution >= 4 is 5.91 Å². The molecular formula is C18H29N5O2. The number of carbonyl (C=O) groups is 1. The predicted molar refractivity (Wildman–Crippen MR) is 96.4 cm³/mol. The Labute approximate surface area is 149 Å². The van der Waals surface area contributed by atoms with Crippen molar-refractivity contribution in [3.05, 3.63) is 35.4 Å². The maximum atomic E-state index is 12.5. The second kappa shape index (κ2) is 8.80. The van der Waals surface area contributed by atoms with Crippen LogP contribution in [0.5, 0.6) is 0 Å². The van der Waals surface area contributed by atoms with Gasteiger partial charge in [-0.15, -0.1) is 0 Å². The zero-order chi connectivity index (χ0) is 18.4. The van der Waals surface area contributed by atoms with E-state index in [1.807, 2.05) is 24.9 Å². The van der Waals surface area contributed by atoms with Crippen LogP contribution in [0.25, 0.3) is 0 Å². The van der Waals surface area contributed by atoms with Crippen LogP contribution in [0.2, 0.25) is 0 Å². The maximum absolute atomic E-state index is 12.5. The third-order valence-corrected chi connectivity index (χ3v) is 4.67. The van der Waals surface area contributed by atoms with Crippen molar-refractivity contribution in [2.75, 3.05) is 13.2 Å². The Balaban J connectivity index is 1.97. The summed E-state index contributed by atoms with van der Waals surface area (Å²) in [6, 6.07) is 0.317. The first-order valence-corrected chi connectivity index (χ1v) is 8.90. The van der Waals surface area contributed by atoms with E-state index in [1.165, 1.54) is 0 Å². The summed E-state index contributed by atoms with van der Waals surface area (Å²) >= 11 is 0. The second-order valence-electron chi connectivity index (χ2n) is 6.54. The third kappa shape index (κ3) is 4.69. The molecule has 25 heavy (non-hydrogen) atoms. The molecule has 7 nitrogen and oxygen atoms in total. The van der Waals surface area contributed by atoms with E-state index in [1.54, 1.807) is 17.1 Å². The molecular weight excluding hydrogens is 318 g/mol. The molecule has 1 unspecified atom stereocenters. The fraction of sp³-hybridized carbons (Fsp3) is 0.611. The van der Waals surface area contributed by atoms with Gasteiger partial charge in [0.1, 0.15) is 0 Å². The van der Waals surface area contributed by atoms with Crippen molar-refractivity contribution in [1.29, 1.82) is 0 Å². The number of nitrogens with zero attached hydrogens (tertiary/aromatic N) is 4. The highest BCUT2D eigenvalue weighted by Crippen LogP contribution is 2.19. The van der Waals surface area contributed by atoms with Gasteiger partial charge in [-0.3, -0.25) is 14.2 Å². The van der Waals surface area contributed by atoms with E-state index in [9.17, 15) is 9.90 Å². The maximum Gasteiger partial charge on any atom is 0.254 e. The molecule has 0 bridgehead atoms. The average Bonchev–Trinajstić information content (AvgIpc) is 3.18. The van der Waals surface area contributed by atoms with Crippen LogP contribution in [0.1, 0.15) is 54.3 Å². The van der Waals surface area contributed by atoms with Gasteiger partial charge in [0, 0.05) is 38.0 Å². The Morgan fingerprint density at radius 2 is 2.00 bits per heavy atom. The lowest BCUT2D eigenvalue weighted by Crippen LogP contribution is -2.32. The zero-order valence-electron chi connectivity index (χ0n) is 15.6. The Morgan fingerprint density at radius 3 is 2.56 bits per heavy atom. The van der Waals surface area contributed by atoms with Gasteiger partial charge in [0.25, 0.3) is 5.91 Å². The van der Waals surface area contributed by atoms with Gasteiger partial charge in [-0.05, 0) is 31.7 Å². The lowest BCUT2D eigenvalue weighted by Gasteiger charge is -2.16. The highest BCUT2D eigenvalue weighted by molar-refractivity contribution is 5.95. The van der Waals surface area contributed by atoms with E-state index in [2.05, 4.69) is 29.4 Å². The molecule has 2 rings (SSSR count). The summed E-state index contributed by atoms with van der Waals surface area (Å²) in [6.07, 6.45) is 7.99. The minimum atomic E-state index is -0.139. The standard InChI is InChI=1S/C18H29N5O2/c1-5-16(6-2)23-13(3)17(10-21-23)18(25)19-8-15(12-24)7-14-9-20-22(4)11-14/h9-11,15-16,24H,5-8,12H2,1-4H3,(H,19,25). The highest BCUT2D eigenvalue weighted by atomic mass is 16.3. The van der Waals surface area contributed by atoms with Crippen LogP contribution in [0.15, 0.2) is 18.6 Å². The molecule has 1 atom stereocenters. The van der Waals surface area contributed by atoms with E-state index in [0.717, 1.165) is 24.1 Å². The molecule has 7 heteroatoms. The first-order chi connectivity index (χ1) is 12.0. The smallest absolute Gasteiger partial charge is 0.254 e. The van der Waals surface area contributed by atoms with E-state index in [4.69, 9.17) is 0 Å². The molecule has 2 aromatic rings. The number of aliphatic hydroxyl groups is 1. The van der Waals surface area contributed by atoms with Crippen LogP contribution in [0.4, 0.5) is 0 Å². The summed E-state index contributed by atoms with van der Waals surface area (Å²) < 4.78 is 3.67. The number of aromatic nitrogens is 4. The van der Waals surface area contributed by atoms with Crippen molar-refractivity contribution in [2.45, 2.75) is 46.1 Å². The number of hydrogen-bond acceptors (Lipinski definition) is 4. The lowest BCUT2D eigenvalue weighted by molar-refractivity contribution is 0.0939. The molecule has 2 N–H and O–H groups in total. The van der Waals surface area contributed by atoms with Crippen LogP contribution in [0, 0.1) is 12.8 Å². The number of aryl methyl sites for hydroxylation is 1. The number of hydrogen-bond donors (Lipinski definition) is 2. The van der Waals surface area contributed by atoms with E-state index in [0.29, 0.717) is 24.6 Å². The fourth-order valence-corrected chi connectivity index (χ4v) is 3.09. The molecule has 138 valence electrons. The Morgan fingerprint density at radius 1 is 1.28 bits per heavy atom. The normalized spacial score (nSPS) is 12.6. The summed E-state index contributed by atoms with van der Waals surface area (Å²) in [5, 5.41) is 21.0. The summed E-state index contributed by atoms with van der Waals surface area (Å²) in [5.74, 6) is -0.179. The highest BCUT2D eigenvalue weighted by Gasteiger charge is 2.19. The molecule has 0 radical (unpaired) electrons. The molecule has 0 fully saturated rings. The summed E-state index contributed by atoms with van der Waals surface area (Å²) in [6.45, 7) is 6.61. The monoisotopic (exact) mass is 347 g/mol. The molecule has 1 amide bonds. The Kier molecular flexibility index (Phi) is 6.75. The Bertz CT molecular complexity index is 687. The van der Waals surface area contributed by atoms with Crippen LogP contribution in [-0.4, -0.2) is 43.7 Å². The minimum absolute atomic E-state index is 0.0150. The van der Waals surface area contributed by atoms with Gasteiger partial charge in [0.05, 0.1) is 24.0 Å². The molecule has 0 aromatic carbocycles. The first kappa shape index (κ1) is 19.2. The minimum Gasteiger partial charge on any atom is -0.396 e. The quantitative estimate of drug-likeness (QED) is 0.725. The van der Waals surface area contributed by atoms with E-state index in [-0.39, 0.29) is 18.4 Å². The molecule has 2 aromatic heterocycles. The van der Waals surface area contributed by atoms with E-state index >= 15 is 0 Å². The SMILES string of the molecule is CCC(CC)n1ncc(C(=O)NCC(CO)Cc2cnn(C)c2)c1C. The van der Waals surface area contributed by atoms with Gasteiger partial charge in [-0.2, -0.15) is 10.2 Å². The molecule has 0 spiro atoms. The van der Waals surface area contributed by atoms with Gasteiger partial charge in [0.2, 0.25) is 0 Å². The molecule has 0 aliphatic carbocycles. The summed E-state index contributed by atoms with van der Waals surface area (Å²) in [4.78, 5) is 12.5. The van der Waals surface area contributed by atoms with Crippen molar-refractivity contribution in [3.63, 3.8) is 0 Å². The Hall–Kier alpha value is -2.15. The predicted octanol–water partition coefficient (Wildman–Crippen LogP) is 1.87. The molecule has 0 saturated carbocycles. The lowest BCUT2D eigenvalue weighted by atomic mass is 10.0. The van der Waals surface area contributed by atoms with Crippen molar-refractivity contribution in [1.82, 2.24) is 24.9 Å². The van der Waals surface area contributed by atoms with Gasteiger partial charge < -0.3 is 10.4 Å². The van der Waals surface area contributed by atoms with Crippen molar-refractivity contribution < 1.29 is 9.90 Å². The summed E-state index contributed by atoms with van der Waals surface area (Å²) in [7, 11) is 1.86. The first-order valence-electron chi connectivity index (χ1n) is 8.90. The van der Waals surface area contributed by atoms with Gasteiger partial charge in [-0.1, -0.05) is 13.8 Å². The third-order valence-electron chi connectivity index (χ3n) is 4.67. The molecule has 0 aliphatic heterocycles. The van der Waals surface area contributed by atoms with Crippen LogP contribution in [-0.2, 0) is 13.5 Å². The second-order valence-corrected chi connectivity index (χ2v) is 6.54. The number of carbonyl (C=O) groups excluding carboxylic acids is 1. The topological polar surface area (TPSA) is 85.0 Å². The number of nitrogens with one attached hydrogen (secondary N) is 1. The van der Waals surface area contributed by atoms with Crippen LogP contribution in [0.3, 0.4) is 0 Å². The molecule has 0 saturated heterocycles. The van der Waals surface area contributed by atoms with Crippen molar-refractivity contribution in [2.24, 2.45) is 13.0 Å². The number of amides is 1. The van der Waals surface area contributed by atoms with Gasteiger partial charge >= 0.3 is 0 Å². The summed E-state index contributed by atoms with van der Waals surface area (Å²) in [5.41, 5.74) is 2.54.